The van der Waals surface area contributed by atoms with Crippen LogP contribution in [0, 0.1) is 18.1 Å². The summed E-state index contributed by atoms with van der Waals surface area (Å²) in [6.07, 6.45) is 3.16. The summed E-state index contributed by atoms with van der Waals surface area (Å²) >= 11 is 0. The van der Waals surface area contributed by atoms with Crippen molar-refractivity contribution in [3.63, 3.8) is 0 Å². The second-order valence-electron chi connectivity index (χ2n) is 6.05. The molecule has 0 amide bonds. The number of benzene rings is 1. The molecule has 0 fully saturated rings. The fourth-order valence-corrected chi connectivity index (χ4v) is 2.95. The Morgan fingerprint density at radius 2 is 2.00 bits per heavy atom. The van der Waals surface area contributed by atoms with Crippen LogP contribution < -0.4 is 5.32 Å². The first kappa shape index (κ1) is 14.5. The van der Waals surface area contributed by atoms with E-state index in [2.05, 4.69) is 67.5 Å². The second kappa shape index (κ2) is 6.12. The van der Waals surface area contributed by atoms with E-state index >= 15 is 0 Å². The molecule has 1 nitrogen and oxygen atoms in total. The Hall–Kier alpha value is -2.46. The Bertz CT molecular complexity index is 680. The van der Waals surface area contributed by atoms with Gasteiger partial charge in [0.05, 0.1) is 0 Å². The highest BCUT2D eigenvalue weighted by atomic mass is 14.9. The van der Waals surface area contributed by atoms with Gasteiger partial charge in [0.25, 0.3) is 0 Å². The highest BCUT2D eigenvalue weighted by Crippen LogP contribution is 2.30. The van der Waals surface area contributed by atoms with Crippen LogP contribution in [0.25, 0.3) is 11.1 Å². The van der Waals surface area contributed by atoms with Gasteiger partial charge in [0, 0.05) is 23.7 Å². The highest BCUT2D eigenvalue weighted by Gasteiger charge is 2.26. The molecule has 3 rings (SSSR count). The summed E-state index contributed by atoms with van der Waals surface area (Å²) in [6.45, 7) is 8.31. The first-order chi connectivity index (χ1) is 10.6. The number of hydrogen-bond donors (Lipinski definition) is 1. The molecule has 1 N–H and O–H groups in total. The molecule has 2 aromatic rings. The molecule has 0 saturated carbocycles. The van der Waals surface area contributed by atoms with E-state index in [0.717, 1.165) is 17.6 Å². The molecule has 0 spiro atoms. The number of rotatable bonds is 4. The molecule has 110 valence electrons. The molecule has 1 aliphatic heterocycles. The van der Waals surface area contributed by atoms with Crippen LogP contribution in [0.15, 0.2) is 55.2 Å². The lowest BCUT2D eigenvalue weighted by Crippen LogP contribution is -2.28. The van der Waals surface area contributed by atoms with Crippen molar-refractivity contribution in [3.05, 3.63) is 84.1 Å². The molecule has 22 heavy (non-hydrogen) atoms. The molecule has 0 aliphatic carbocycles. The van der Waals surface area contributed by atoms with Crippen molar-refractivity contribution in [3.8, 4) is 0 Å². The molecule has 0 aromatic heterocycles. The fraction of sp³-hybridized carbons (Fsp3) is 0.238. The van der Waals surface area contributed by atoms with E-state index < -0.39 is 0 Å². The van der Waals surface area contributed by atoms with Gasteiger partial charge in [-0.15, -0.1) is 0 Å². The van der Waals surface area contributed by atoms with Crippen LogP contribution in [0.4, 0.5) is 0 Å². The van der Waals surface area contributed by atoms with Gasteiger partial charge in [0.15, 0.2) is 0 Å². The molecule has 2 unspecified atom stereocenters. The van der Waals surface area contributed by atoms with Crippen molar-refractivity contribution in [1.82, 2.24) is 5.32 Å². The Kier molecular flexibility index (Phi) is 4.02. The van der Waals surface area contributed by atoms with E-state index in [0.29, 0.717) is 12.0 Å². The number of nitrogens with one attached hydrogen (secondary N) is 1. The van der Waals surface area contributed by atoms with Gasteiger partial charge in [-0.3, -0.25) is 0 Å². The van der Waals surface area contributed by atoms with Crippen molar-refractivity contribution in [2.75, 3.05) is 0 Å². The van der Waals surface area contributed by atoms with Gasteiger partial charge in [-0.25, -0.2) is 0 Å². The van der Waals surface area contributed by atoms with E-state index in [9.17, 15) is 0 Å². The monoisotopic (exact) mass is 287 g/mol. The molecular formula is C21H21N. The zero-order valence-corrected chi connectivity index (χ0v) is 13.2. The molecule has 2 atom stereocenters. The predicted molar refractivity (Wildman–Crippen MR) is 93.0 cm³/mol. The quantitative estimate of drug-likeness (QED) is 0.872. The van der Waals surface area contributed by atoms with E-state index in [4.69, 9.17) is 0 Å². The van der Waals surface area contributed by atoms with Crippen LogP contribution in [-0.2, 0) is 6.42 Å². The smallest absolute Gasteiger partial charge is 0.0363 e. The maximum Gasteiger partial charge on any atom is 0.0363 e. The first-order valence-electron chi connectivity index (χ1n) is 7.75. The van der Waals surface area contributed by atoms with Crippen molar-refractivity contribution in [2.24, 2.45) is 5.92 Å². The Morgan fingerprint density at radius 3 is 2.64 bits per heavy atom. The normalized spacial score (nSPS) is 20.0. The molecule has 0 bridgehead atoms. The summed E-state index contributed by atoms with van der Waals surface area (Å²) in [4.78, 5) is 0. The third-order valence-corrected chi connectivity index (χ3v) is 4.41. The lowest BCUT2D eigenvalue weighted by molar-refractivity contribution is 0.517. The van der Waals surface area contributed by atoms with Gasteiger partial charge in [-0.05, 0) is 42.2 Å². The maximum atomic E-state index is 3.99. The van der Waals surface area contributed by atoms with Gasteiger partial charge >= 0.3 is 0 Å². The zero-order valence-electron chi connectivity index (χ0n) is 13.2. The van der Waals surface area contributed by atoms with Gasteiger partial charge in [-0.2, -0.15) is 0 Å². The van der Waals surface area contributed by atoms with E-state index in [1.54, 1.807) is 0 Å². The third kappa shape index (κ3) is 2.92. The van der Waals surface area contributed by atoms with Gasteiger partial charge in [-0.1, -0.05) is 61.5 Å². The Labute approximate surface area is 133 Å². The zero-order chi connectivity index (χ0) is 15.5. The third-order valence-electron chi connectivity index (χ3n) is 4.41. The minimum atomic E-state index is 0.430. The summed E-state index contributed by atoms with van der Waals surface area (Å²) in [6, 6.07) is 21.4. The van der Waals surface area contributed by atoms with Crippen LogP contribution in [0.2, 0.25) is 0 Å². The van der Waals surface area contributed by atoms with Crippen LogP contribution in [0.3, 0.4) is 0 Å². The van der Waals surface area contributed by atoms with E-state index in [1.807, 2.05) is 19.1 Å². The molecule has 1 heterocycles. The van der Waals surface area contributed by atoms with Gasteiger partial charge in [0.1, 0.15) is 0 Å². The standard InChI is InChI=1S/C21H21N/c1-15(2)18-11-9-17(10-12-18)13-21-16(3)20(14-22-21)19-7-5-4-6-8-19/h4-5,7,9-12,14,16,21-22H,1,13H2,2-3H3. The summed E-state index contributed by atoms with van der Waals surface area (Å²) in [5.41, 5.74) is 6.14. The van der Waals surface area contributed by atoms with Crippen molar-refractivity contribution >= 4 is 11.1 Å². The van der Waals surface area contributed by atoms with Gasteiger partial charge < -0.3 is 5.32 Å². The van der Waals surface area contributed by atoms with Crippen molar-refractivity contribution in [2.45, 2.75) is 26.3 Å². The number of hydrogen-bond acceptors (Lipinski definition) is 1. The van der Waals surface area contributed by atoms with Crippen molar-refractivity contribution in [1.29, 1.82) is 0 Å². The van der Waals surface area contributed by atoms with Crippen LogP contribution in [0.5, 0.6) is 0 Å². The van der Waals surface area contributed by atoms with Crippen LogP contribution in [0.1, 0.15) is 30.5 Å². The minimum Gasteiger partial charge on any atom is -0.387 e. The molecule has 1 aliphatic rings. The fourth-order valence-electron chi connectivity index (χ4n) is 2.95. The van der Waals surface area contributed by atoms with Crippen molar-refractivity contribution < 1.29 is 0 Å². The average Bonchev–Trinajstić information content (AvgIpc) is 2.90. The van der Waals surface area contributed by atoms with Crippen LogP contribution in [-0.4, -0.2) is 6.04 Å². The Balaban J connectivity index is 1.69. The molecule has 0 saturated heterocycles. The lowest BCUT2D eigenvalue weighted by atomic mass is 9.89. The highest BCUT2D eigenvalue weighted by molar-refractivity contribution is 5.68. The summed E-state index contributed by atoms with van der Waals surface area (Å²) in [7, 11) is 0. The largest absolute Gasteiger partial charge is 0.387 e. The van der Waals surface area contributed by atoms with Gasteiger partial charge in [0.2, 0.25) is 0 Å². The SMILES string of the molecule is C=C(C)c1ccc(CC2NC=C(c3c#cccc3)C2C)cc1. The average molecular weight is 287 g/mol. The predicted octanol–water partition coefficient (Wildman–Crippen LogP) is 4.51. The number of allylic oxidation sites excluding steroid dienone is 1. The molecule has 0 radical (unpaired) electrons. The summed E-state index contributed by atoms with van der Waals surface area (Å²) in [5.74, 6) is 0.466. The topological polar surface area (TPSA) is 12.0 Å². The Morgan fingerprint density at radius 1 is 1.23 bits per heavy atom. The molecular weight excluding hydrogens is 266 g/mol. The maximum absolute atomic E-state index is 3.99. The first-order valence-corrected chi connectivity index (χ1v) is 7.75. The van der Waals surface area contributed by atoms with E-state index in [1.165, 1.54) is 16.7 Å². The summed E-state index contributed by atoms with van der Waals surface area (Å²) in [5, 5.41) is 3.53. The van der Waals surface area contributed by atoms with Crippen LogP contribution >= 0.6 is 0 Å². The molecule has 2 aromatic carbocycles. The minimum absolute atomic E-state index is 0.430. The second-order valence-corrected chi connectivity index (χ2v) is 6.05. The van der Waals surface area contributed by atoms with E-state index in [-0.39, 0.29) is 0 Å². The summed E-state index contributed by atoms with van der Waals surface area (Å²) < 4.78 is 0. The lowest BCUT2D eigenvalue weighted by Gasteiger charge is -2.19. The molecule has 1 heteroatoms.